The van der Waals surface area contributed by atoms with Gasteiger partial charge in [0.2, 0.25) is 0 Å². The van der Waals surface area contributed by atoms with Gasteiger partial charge in [-0.1, -0.05) is 12.1 Å². The van der Waals surface area contributed by atoms with E-state index in [2.05, 4.69) is 10.2 Å². The van der Waals surface area contributed by atoms with Crippen LogP contribution in [0.1, 0.15) is 16.1 Å². The van der Waals surface area contributed by atoms with E-state index in [0.717, 1.165) is 30.9 Å². The summed E-state index contributed by atoms with van der Waals surface area (Å²) in [6.45, 7) is 3.15. The summed E-state index contributed by atoms with van der Waals surface area (Å²) in [6.07, 6.45) is 1.15. The lowest BCUT2D eigenvalue weighted by Gasteiger charge is -2.22. The van der Waals surface area contributed by atoms with E-state index in [-0.39, 0.29) is 17.6 Å². The van der Waals surface area contributed by atoms with Crippen molar-refractivity contribution in [2.45, 2.75) is 12.5 Å². The maximum Gasteiger partial charge on any atom is 0.278 e. The molecule has 7 heteroatoms. The van der Waals surface area contributed by atoms with E-state index in [1.165, 1.54) is 17.4 Å². The van der Waals surface area contributed by atoms with Crippen LogP contribution >= 0.6 is 11.3 Å². The molecule has 1 amide bonds. The Morgan fingerprint density at radius 3 is 2.79 bits per heavy atom. The highest BCUT2D eigenvalue weighted by atomic mass is 32.1. The number of thiophene rings is 1. The lowest BCUT2D eigenvalue weighted by molar-refractivity contribution is -0.384. The van der Waals surface area contributed by atoms with Crippen molar-refractivity contribution in [3.05, 3.63) is 51.4 Å². The molecule has 2 saturated heterocycles. The van der Waals surface area contributed by atoms with Gasteiger partial charge >= 0.3 is 0 Å². The molecule has 2 unspecified atom stereocenters. The summed E-state index contributed by atoms with van der Waals surface area (Å²) in [5, 5.41) is 14.3. The van der Waals surface area contributed by atoms with E-state index >= 15 is 0 Å². The number of rotatable bonds is 4. The number of nitro benzene ring substituents is 1. The van der Waals surface area contributed by atoms with Crippen LogP contribution in [-0.2, 0) is 0 Å². The molecular formula is C17H17N3O3S. The Balaban J connectivity index is 1.53. The number of nitrogens with zero attached hydrogens (tertiary/aromatic N) is 2. The van der Waals surface area contributed by atoms with E-state index in [1.54, 1.807) is 30.3 Å². The maximum absolute atomic E-state index is 12.5. The third-order valence-electron chi connectivity index (χ3n) is 4.85. The summed E-state index contributed by atoms with van der Waals surface area (Å²) in [5.41, 5.74) is 0.616. The van der Waals surface area contributed by atoms with Crippen molar-refractivity contribution in [2.75, 3.05) is 19.6 Å². The van der Waals surface area contributed by atoms with Crippen LogP contribution in [-0.4, -0.2) is 41.4 Å². The SMILES string of the molecule is O=C(NC1CN2CC[C@H]1C2)c1ccc(-c2ccccc2[N+](=O)[O-])s1. The smallest absolute Gasteiger partial charge is 0.278 e. The van der Waals surface area contributed by atoms with Crippen LogP contribution in [0.3, 0.4) is 0 Å². The second-order valence-electron chi connectivity index (χ2n) is 6.33. The van der Waals surface area contributed by atoms with Crippen LogP contribution in [0.2, 0.25) is 0 Å². The van der Waals surface area contributed by atoms with Crippen molar-refractivity contribution in [1.82, 2.24) is 10.2 Å². The number of fused-ring (bicyclic) bond motifs is 2. The summed E-state index contributed by atoms with van der Waals surface area (Å²) < 4.78 is 0. The molecular weight excluding hydrogens is 326 g/mol. The van der Waals surface area contributed by atoms with Crippen molar-refractivity contribution < 1.29 is 9.72 Å². The Hall–Kier alpha value is -2.25. The fourth-order valence-corrected chi connectivity index (χ4v) is 4.58. The Bertz CT molecular complexity index is 804. The zero-order valence-electron chi connectivity index (χ0n) is 13.0. The minimum absolute atomic E-state index is 0.0622. The first-order chi connectivity index (χ1) is 11.6. The summed E-state index contributed by atoms with van der Waals surface area (Å²) in [5.74, 6) is 0.479. The number of hydrogen-bond donors (Lipinski definition) is 1. The molecule has 1 N–H and O–H groups in total. The lowest BCUT2D eigenvalue weighted by atomic mass is 10.00. The van der Waals surface area contributed by atoms with Crippen LogP contribution in [0.25, 0.3) is 10.4 Å². The van der Waals surface area contributed by atoms with Gasteiger partial charge in [-0.15, -0.1) is 11.3 Å². The van der Waals surface area contributed by atoms with E-state index in [4.69, 9.17) is 0 Å². The molecule has 3 atom stereocenters. The van der Waals surface area contributed by atoms with E-state index < -0.39 is 4.92 Å². The third-order valence-corrected chi connectivity index (χ3v) is 5.96. The summed E-state index contributed by atoms with van der Waals surface area (Å²) in [7, 11) is 0. The minimum Gasteiger partial charge on any atom is -0.347 e. The number of nitro groups is 1. The van der Waals surface area contributed by atoms with Crippen LogP contribution in [0.4, 0.5) is 5.69 Å². The minimum atomic E-state index is -0.390. The normalized spacial score (nSPS) is 24.9. The fourth-order valence-electron chi connectivity index (χ4n) is 3.63. The Morgan fingerprint density at radius 1 is 1.25 bits per heavy atom. The number of para-hydroxylation sites is 1. The molecule has 2 aliphatic rings. The summed E-state index contributed by atoms with van der Waals surface area (Å²) in [4.78, 5) is 27.0. The molecule has 0 saturated carbocycles. The molecule has 1 aromatic carbocycles. The topological polar surface area (TPSA) is 75.5 Å². The van der Waals surface area contributed by atoms with Gasteiger partial charge in [0.25, 0.3) is 11.6 Å². The predicted molar refractivity (Wildman–Crippen MR) is 92.2 cm³/mol. The number of hydrogen-bond acceptors (Lipinski definition) is 5. The van der Waals surface area contributed by atoms with Crippen molar-refractivity contribution in [2.24, 2.45) is 5.92 Å². The van der Waals surface area contributed by atoms with Crippen LogP contribution in [0.5, 0.6) is 0 Å². The molecule has 0 radical (unpaired) electrons. The highest BCUT2D eigenvalue weighted by molar-refractivity contribution is 7.17. The van der Waals surface area contributed by atoms with Crippen molar-refractivity contribution in [1.29, 1.82) is 0 Å². The first-order valence-corrected chi connectivity index (χ1v) is 8.80. The molecule has 1 aromatic heterocycles. The van der Waals surface area contributed by atoms with Gasteiger partial charge in [0, 0.05) is 30.1 Å². The van der Waals surface area contributed by atoms with Crippen molar-refractivity contribution >= 4 is 22.9 Å². The van der Waals surface area contributed by atoms with Gasteiger partial charge in [0.1, 0.15) is 0 Å². The zero-order valence-corrected chi connectivity index (χ0v) is 13.8. The Kier molecular flexibility index (Phi) is 3.82. The van der Waals surface area contributed by atoms with Gasteiger partial charge in [0.05, 0.1) is 15.4 Å². The first-order valence-electron chi connectivity index (χ1n) is 7.98. The van der Waals surface area contributed by atoms with Crippen LogP contribution in [0.15, 0.2) is 36.4 Å². The highest BCUT2D eigenvalue weighted by Crippen LogP contribution is 2.35. The van der Waals surface area contributed by atoms with Crippen molar-refractivity contribution in [3.63, 3.8) is 0 Å². The Labute approximate surface area is 143 Å². The first kappa shape index (κ1) is 15.3. The van der Waals surface area contributed by atoms with Gasteiger partial charge in [-0.05, 0) is 37.1 Å². The summed E-state index contributed by atoms with van der Waals surface area (Å²) >= 11 is 1.30. The standard InChI is InChI=1S/C17H17N3O3S/c21-17(18-13-10-19-8-7-11(13)9-19)16-6-5-15(24-16)12-3-1-2-4-14(12)20(22)23/h1-6,11,13H,7-10H2,(H,18,21)/t11-,13?/m0/s1. The van der Waals surface area contributed by atoms with E-state index in [9.17, 15) is 14.9 Å². The number of amides is 1. The lowest BCUT2D eigenvalue weighted by Crippen LogP contribution is -2.42. The molecule has 2 fully saturated rings. The average Bonchev–Trinajstić information content (AvgIpc) is 3.31. The molecule has 2 aliphatic heterocycles. The van der Waals surface area contributed by atoms with Gasteiger partial charge in [-0.2, -0.15) is 0 Å². The second kappa shape index (κ2) is 5.99. The number of piperidine rings is 1. The molecule has 4 rings (SSSR count). The van der Waals surface area contributed by atoms with Gasteiger partial charge < -0.3 is 10.2 Å². The van der Waals surface area contributed by atoms with Gasteiger partial charge in [-0.25, -0.2) is 0 Å². The quantitative estimate of drug-likeness (QED) is 0.684. The van der Waals surface area contributed by atoms with Gasteiger partial charge in [-0.3, -0.25) is 14.9 Å². The van der Waals surface area contributed by atoms with Crippen LogP contribution in [0, 0.1) is 16.0 Å². The highest BCUT2D eigenvalue weighted by Gasteiger charge is 2.38. The second-order valence-corrected chi connectivity index (χ2v) is 7.41. The molecule has 24 heavy (non-hydrogen) atoms. The largest absolute Gasteiger partial charge is 0.347 e. The van der Waals surface area contributed by atoms with E-state index in [0.29, 0.717) is 16.4 Å². The molecule has 2 bridgehead atoms. The van der Waals surface area contributed by atoms with E-state index in [1.807, 2.05) is 0 Å². The number of benzene rings is 1. The molecule has 6 nitrogen and oxygen atoms in total. The molecule has 124 valence electrons. The predicted octanol–water partition coefficient (Wildman–Crippen LogP) is 2.76. The monoisotopic (exact) mass is 343 g/mol. The van der Waals surface area contributed by atoms with Crippen molar-refractivity contribution in [3.8, 4) is 10.4 Å². The fraction of sp³-hybridized carbons (Fsp3) is 0.353. The van der Waals surface area contributed by atoms with Gasteiger partial charge in [0.15, 0.2) is 0 Å². The maximum atomic E-state index is 12.5. The third kappa shape index (κ3) is 2.70. The average molecular weight is 343 g/mol. The van der Waals surface area contributed by atoms with Crippen LogP contribution < -0.4 is 5.32 Å². The number of carbonyl (C=O) groups is 1. The summed E-state index contributed by atoms with van der Waals surface area (Å²) in [6, 6.07) is 10.4. The Morgan fingerprint density at radius 2 is 2.08 bits per heavy atom. The molecule has 0 aliphatic carbocycles. The molecule has 2 aromatic rings. The molecule has 3 heterocycles. The zero-order chi connectivity index (χ0) is 16.7. The number of carbonyl (C=O) groups excluding carboxylic acids is 1. The molecule has 0 spiro atoms. The number of nitrogens with one attached hydrogen (secondary N) is 1.